The van der Waals surface area contributed by atoms with E-state index < -0.39 is 29.2 Å². The molecule has 37 heavy (non-hydrogen) atoms. The molecule has 3 aromatic rings. The minimum absolute atomic E-state index is 0.0654. The number of alkyl halides is 2. The van der Waals surface area contributed by atoms with E-state index in [9.17, 15) is 13.2 Å². The zero-order valence-electron chi connectivity index (χ0n) is 21.3. The molecule has 2 aliphatic heterocycles. The van der Waals surface area contributed by atoms with E-state index in [1.807, 2.05) is 11.8 Å². The Balaban J connectivity index is 1.52. The maximum absolute atomic E-state index is 15.7. The Bertz CT molecular complexity index is 1260. The van der Waals surface area contributed by atoms with E-state index in [2.05, 4.69) is 4.98 Å². The number of halogens is 5. The third kappa shape index (κ3) is 5.08. The van der Waals surface area contributed by atoms with Crippen molar-refractivity contribution in [2.24, 2.45) is 0 Å². The minimum Gasteiger partial charge on any atom is -0.488 e. The summed E-state index contributed by atoms with van der Waals surface area (Å²) in [6.45, 7) is 6.01. The lowest BCUT2D eigenvalue weighted by Gasteiger charge is -2.43. The van der Waals surface area contributed by atoms with Crippen molar-refractivity contribution < 1.29 is 26.7 Å². The quantitative estimate of drug-likeness (QED) is 0.364. The number of aromatic amines is 1. The summed E-state index contributed by atoms with van der Waals surface area (Å²) in [6, 6.07) is 5.70. The second-order valence-electron chi connectivity index (χ2n) is 10.9. The summed E-state index contributed by atoms with van der Waals surface area (Å²) in [4.78, 5) is 6.94. The van der Waals surface area contributed by atoms with Gasteiger partial charge in [-0.2, -0.15) is 0 Å². The molecule has 200 valence electrons. The topological polar surface area (TPSA) is 31.5 Å². The number of nitrogens with zero attached hydrogens (tertiary/aromatic N) is 2. The molecule has 0 bridgehead atoms. The molecule has 2 aromatic carbocycles. The van der Waals surface area contributed by atoms with Gasteiger partial charge < -0.3 is 9.72 Å². The third-order valence-electron chi connectivity index (χ3n) is 7.30. The zero-order valence-corrected chi connectivity index (χ0v) is 21.3. The van der Waals surface area contributed by atoms with Crippen LogP contribution in [0.25, 0.3) is 10.9 Å². The summed E-state index contributed by atoms with van der Waals surface area (Å²) in [6.07, 6.45) is 0.621. The van der Waals surface area contributed by atoms with Gasteiger partial charge in [-0.25, -0.2) is 17.6 Å². The maximum atomic E-state index is 15.7. The van der Waals surface area contributed by atoms with Gasteiger partial charge in [-0.3, -0.25) is 14.2 Å². The molecule has 1 aromatic heterocycles. The van der Waals surface area contributed by atoms with Crippen LogP contribution in [0.5, 0.6) is 5.75 Å². The predicted octanol–water partition coefficient (Wildman–Crippen LogP) is 6.09. The van der Waals surface area contributed by atoms with Crippen LogP contribution in [-0.4, -0.2) is 65.5 Å². The van der Waals surface area contributed by atoms with Gasteiger partial charge >= 0.3 is 0 Å². The fourth-order valence-corrected chi connectivity index (χ4v) is 5.71. The number of hydrogen-bond acceptors (Lipinski definition) is 3. The number of hydrogen-bond donors (Lipinski definition) is 1. The number of ether oxygens (including phenoxy) is 1. The van der Waals surface area contributed by atoms with Crippen molar-refractivity contribution in [3.63, 3.8) is 0 Å². The molecule has 1 fully saturated rings. The summed E-state index contributed by atoms with van der Waals surface area (Å²) in [7, 11) is 0. The second kappa shape index (κ2) is 9.91. The SMILES string of the molecule is C[C@H]1Cc2c([nH]c3cccc(F)c23)[C@H](c2c(F)cc(OC3CN(CCCF)C3)cc2F)N1CC(C)(C)F. The van der Waals surface area contributed by atoms with Gasteiger partial charge in [0, 0.05) is 66.5 Å². The van der Waals surface area contributed by atoms with Crippen LogP contribution in [0.15, 0.2) is 30.3 Å². The van der Waals surface area contributed by atoms with Crippen LogP contribution >= 0.6 is 0 Å². The normalized spacial score (nSPS) is 21.3. The lowest BCUT2D eigenvalue weighted by atomic mass is 9.87. The highest BCUT2D eigenvalue weighted by Gasteiger charge is 2.41. The molecule has 2 aliphatic rings. The van der Waals surface area contributed by atoms with Crippen molar-refractivity contribution in [2.45, 2.75) is 57.5 Å². The van der Waals surface area contributed by atoms with Gasteiger partial charge in [0.2, 0.25) is 0 Å². The van der Waals surface area contributed by atoms with Gasteiger partial charge in [-0.1, -0.05) is 6.07 Å². The van der Waals surface area contributed by atoms with Crippen molar-refractivity contribution in [3.8, 4) is 5.75 Å². The molecule has 1 saturated heterocycles. The Hall–Kier alpha value is -2.65. The van der Waals surface area contributed by atoms with E-state index in [1.54, 1.807) is 17.0 Å². The van der Waals surface area contributed by atoms with Crippen molar-refractivity contribution in [2.75, 3.05) is 32.9 Å². The van der Waals surface area contributed by atoms with Gasteiger partial charge in [-0.05, 0) is 51.3 Å². The zero-order chi connectivity index (χ0) is 26.5. The molecule has 0 spiro atoms. The largest absolute Gasteiger partial charge is 0.488 e. The van der Waals surface area contributed by atoms with E-state index in [-0.39, 0.29) is 36.7 Å². The fourth-order valence-electron chi connectivity index (χ4n) is 5.71. The van der Waals surface area contributed by atoms with Crippen LogP contribution in [0.1, 0.15) is 50.1 Å². The Kier molecular flexibility index (Phi) is 6.96. The van der Waals surface area contributed by atoms with Crippen molar-refractivity contribution in [3.05, 3.63) is 64.6 Å². The van der Waals surface area contributed by atoms with Crippen LogP contribution in [0.2, 0.25) is 0 Å². The van der Waals surface area contributed by atoms with Gasteiger partial charge in [0.25, 0.3) is 0 Å². The first-order valence-electron chi connectivity index (χ1n) is 12.7. The predicted molar refractivity (Wildman–Crippen MR) is 133 cm³/mol. The molecule has 9 heteroatoms. The highest BCUT2D eigenvalue weighted by Crippen LogP contribution is 2.44. The molecule has 0 amide bonds. The van der Waals surface area contributed by atoms with Crippen LogP contribution in [0.3, 0.4) is 0 Å². The highest BCUT2D eigenvalue weighted by atomic mass is 19.2. The molecule has 4 nitrogen and oxygen atoms in total. The van der Waals surface area contributed by atoms with E-state index >= 15 is 8.78 Å². The molecular weight excluding hydrogens is 489 g/mol. The van der Waals surface area contributed by atoms with Crippen molar-refractivity contribution in [1.82, 2.24) is 14.8 Å². The summed E-state index contributed by atoms with van der Waals surface area (Å²) in [5.74, 6) is -1.96. The molecule has 0 aliphatic carbocycles. The summed E-state index contributed by atoms with van der Waals surface area (Å²) in [5.41, 5.74) is -0.201. The average molecular weight is 522 g/mol. The van der Waals surface area contributed by atoms with E-state index in [4.69, 9.17) is 4.74 Å². The summed E-state index contributed by atoms with van der Waals surface area (Å²) >= 11 is 0. The van der Waals surface area contributed by atoms with Crippen LogP contribution in [-0.2, 0) is 6.42 Å². The Morgan fingerprint density at radius 3 is 2.43 bits per heavy atom. The average Bonchev–Trinajstić information content (AvgIpc) is 3.15. The lowest BCUT2D eigenvalue weighted by Crippen LogP contribution is -2.53. The number of likely N-dealkylation sites (tertiary alicyclic amines) is 1. The van der Waals surface area contributed by atoms with Crippen LogP contribution in [0.4, 0.5) is 22.0 Å². The Morgan fingerprint density at radius 1 is 1.08 bits per heavy atom. The molecule has 3 heterocycles. The van der Waals surface area contributed by atoms with E-state index in [0.717, 1.165) is 12.1 Å². The number of nitrogens with one attached hydrogen (secondary N) is 1. The molecule has 0 saturated carbocycles. The molecule has 0 unspecified atom stereocenters. The first-order valence-corrected chi connectivity index (χ1v) is 12.7. The van der Waals surface area contributed by atoms with Crippen LogP contribution in [0, 0.1) is 17.5 Å². The molecule has 0 radical (unpaired) electrons. The number of aromatic nitrogens is 1. The van der Waals surface area contributed by atoms with Crippen molar-refractivity contribution >= 4 is 10.9 Å². The van der Waals surface area contributed by atoms with Gasteiger partial charge in [0.15, 0.2) is 0 Å². The standard InChI is InChI=1S/C28H32F5N3O/c1-16-10-19-24-20(30)6-4-7-23(24)34-26(19)27(36(16)15-28(2,3)33)25-21(31)11-17(12-22(25)32)37-18-13-35(14-18)9-5-8-29/h4,6-7,11-12,16,18,27,34H,5,8-10,13-15H2,1-3H3/t16-,27-/m0/s1. The van der Waals surface area contributed by atoms with E-state index in [1.165, 1.54) is 19.9 Å². The van der Waals surface area contributed by atoms with Crippen molar-refractivity contribution in [1.29, 1.82) is 0 Å². The van der Waals surface area contributed by atoms with Gasteiger partial charge in [0.05, 0.1) is 12.7 Å². The highest BCUT2D eigenvalue weighted by molar-refractivity contribution is 5.86. The molecule has 2 atom stereocenters. The van der Waals surface area contributed by atoms with Gasteiger partial charge in [-0.15, -0.1) is 0 Å². The van der Waals surface area contributed by atoms with Gasteiger partial charge in [0.1, 0.15) is 35.0 Å². The molecular formula is C28H32F5N3O. The number of fused-ring (bicyclic) bond motifs is 3. The number of H-pyrrole nitrogens is 1. The minimum atomic E-state index is -1.63. The first kappa shape index (κ1) is 26.0. The summed E-state index contributed by atoms with van der Waals surface area (Å²) in [5, 5.41) is 0.400. The molecule has 1 N–H and O–H groups in total. The maximum Gasteiger partial charge on any atom is 0.135 e. The molecule has 5 rings (SSSR count). The van der Waals surface area contributed by atoms with Crippen LogP contribution < -0.4 is 4.74 Å². The lowest BCUT2D eigenvalue weighted by molar-refractivity contribution is 0.0179. The third-order valence-corrected chi connectivity index (χ3v) is 7.30. The monoisotopic (exact) mass is 521 g/mol. The Morgan fingerprint density at radius 2 is 1.78 bits per heavy atom. The fraction of sp³-hybridized carbons (Fsp3) is 0.500. The Labute approximate surface area is 213 Å². The summed E-state index contributed by atoms with van der Waals surface area (Å²) < 4.78 is 79.3. The second-order valence-corrected chi connectivity index (χ2v) is 10.9. The number of rotatable bonds is 8. The first-order chi connectivity index (χ1) is 17.6. The smallest absolute Gasteiger partial charge is 0.135 e. The number of benzene rings is 2. The van der Waals surface area contributed by atoms with E-state index in [0.29, 0.717) is 54.6 Å².